The van der Waals surface area contributed by atoms with Crippen molar-refractivity contribution in [2.45, 2.75) is 13.0 Å². The van der Waals surface area contributed by atoms with Crippen LogP contribution >= 0.6 is 11.6 Å². The first-order chi connectivity index (χ1) is 11.5. The average molecular weight is 345 g/mol. The molecule has 6 nitrogen and oxygen atoms in total. The molecule has 0 aliphatic carbocycles. The summed E-state index contributed by atoms with van der Waals surface area (Å²) in [5.74, 6) is 0.140. The Hall–Kier alpha value is -2.44. The van der Waals surface area contributed by atoms with Crippen molar-refractivity contribution in [1.29, 1.82) is 0 Å². The topological polar surface area (TPSA) is 69.0 Å². The molecular weight excluding hydrogens is 328 g/mol. The Balaban J connectivity index is 1.88. The first-order valence-electron chi connectivity index (χ1n) is 7.37. The van der Waals surface area contributed by atoms with E-state index in [2.05, 4.69) is 15.4 Å². The van der Waals surface area contributed by atoms with Crippen LogP contribution < -0.4 is 5.32 Å². The summed E-state index contributed by atoms with van der Waals surface area (Å²) >= 11 is 6.19. The number of methoxy groups -OCH3 is 1. The molecule has 0 fully saturated rings. The van der Waals surface area contributed by atoms with Gasteiger partial charge in [0.25, 0.3) is 5.91 Å². The van der Waals surface area contributed by atoms with Crippen molar-refractivity contribution in [1.82, 2.24) is 14.8 Å². The van der Waals surface area contributed by atoms with Gasteiger partial charge in [0, 0.05) is 36.3 Å². The van der Waals surface area contributed by atoms with Gasteiger partial charge >= 0.3 is 0 Å². The third-order valence-corrected chi connectivity index (χ3v) is 4.09. The fraction of sp³-hybridized carbons (Fsp3) is 0.235. The summed E-state index contributed by atoms with van der Waals surface area (Å²) in [6.07, 6.45) is 2.59. The molecule has 0 spiro atoms. The fourth-order valence-electron chi connectivity index (χ4n) is 2.55. The monoisotopic (exact) mass is 344 g/mol. The SMILES string of the molecule is CO[C@H](C(=O)Nc1ccc2c(Cl)ccc(C)c2n1)c1cnn(C)c1. The van der Waals surface area contributed by atoms with Gasteiger partial charge in [-0.25, -0.2) is 4.98 Å². The average Bonchev–Trinajstić information content (AvgIpc) is 2.98. The first kappa shape index (κ1) is 16.4. The second-order valence-electron chi connectivity index (χ2n) is 5.51. The van der Waals surface area contributed by atoms with E-state index in [9.17, 15) is 4.79 Å². The predicted octanol–water partition coefficient (Wildman–Crippen LogP) is 3.26. The van der Waals surface area contributed by atoms with Crippen LogP contribution in [-0.4, -0.2) is 27.8 Å². The van der Waals surface area contributed by atoms with Crippen molar-refractivity contribution in [3.8, 4) is 0 Å². The molecule has 7 heteroatoms. The molecule has 24 heavy (non-hydrogen) atoms. The molecule has 2 heterocycles. The molecule has 0 bridgehead atoms. The quantitative estimate of drug-likeness (QED) is 0.788. The molecule has 0 radical (unpaired) electrons. The zero-order valence-electron chi connectivity index (χ0n) is 13.6. The van der Waals surface area contributed by atoms with Gasteiger partial charge in [-0.05, 0) is 30.7 Å². The second kappa shape index (κ2) is 6.59. The number of hydrogen-bond acceptors (Lipinski definition) is 4. The lowest BCUT2D eigenvalue weighted by molar-refractivity contribution is -0.126. The minimum atomic E-state index is -0.753. The Morgan fingerprint density at radius 2 is 2.12 bits per heavy atom. The number of halogens is 1. The molecule has 1 aromatic carbocycles. The van der Waals surface area contributed by atoms with E-state index in [0.717, 1.165) is 16.5 Å². The Morgan fingerprint density at radius 3 is 2.79 bits per heavy atom. The lowest BCUT2D eigenvalue weighted by atomic mass is 10.1. The molecule has 0 aliphatic heterocycles. The molecule has 3 aromatic rings. The summed E-state index contributed by atoms with van der Waals surface area (Å²) < 4.78 is 6.92. The van der Waals surface area contributed by atoms with Crippen LogP contribution in [0.5, 0.6) is 0 Å². The highest BCUT2D eigenvalue weighted by molar-refractivity contribution is 6.35. The van der Waals surface area contributed by atoms with Gasteiger partial charge in [-0.2, -0.15) is 5.10 Å². The molecule has 1 N–H and O–H groups in total. The van der Waals surface area contributed by atoms with E-state index in [-0.39, 0.29) is 5.91 Å². The van der Waals surface area contributed by atoms with Gasteiger partial charge in [0.05, 0.1) is 11.7 Å². The van der Waals surface area contributed by atoms with Crippen molar-refractivity contribution in [2.24, 2.45) is 7.05 Å². The predicted molar refractivity (Wildman–Crippen MR) is 93.1 cm³/mol. The van der Waals surface area contributed by atoms with Crippen LogP contribution in [0, 0.1) is 6.92 Å². The smallest absolute Gasteiger partial charge is 0.259 e. The number of aryl methyl sites for hydroxylation is 2. The van der Waals surface area contributed by atoms with Gasteiger partial charge in [-0.1, -0.05) is 17.7 Å². The zero-order valence-corrected chi connectivity index (χ0v) is 14.3. The normalized spacial score (nSPS) is 12.3. The van der Waals surface area contributed by atoms with Crippen LogP contribution in [0.2, 0.25) is 5.02 Å². The van der Waals surface area contributed by atoms with E-state index in [1.165, 1.54) is 7.11 Å². The van der Waals surface area contributed by atoms with Crippen LogP contribution in [0.1, 0.15) is 17.2 Å². The molecule has 0 saturated heterocycles. The number of aromatic nitrogens is 3. The zero-order chi connectivity index (χ0) is 17.3. The van der Waals surface area contributed by atoms with Crippen molar-refractivity contribution >= 4 is 34.2 Å². The number of nitrogens with zero attached hydrogens (tertiary/aromatic N) is 3. The Kier molecular flexibility index (Phi) is 4.51. The molecule has 1 atom stereocenters. The van der Waals surface area contributed by atoms with E-state index >= 15 is 0 Å². The number of anilines is 1. The lowest BCUT2D eigenvalue weighted by Gasteiger charge is -2.14. The number of nitrogens with one attached hydrogen (secondary N) is 1. The van der Waals surface area contributed by atoms with E-state index in [4.69, 9.17) is 16.3 Å². The molecule has 0 unspecified atom stereocenters. The van der Waals surface area contributed by atoms with Crippen LogP contribution in [-0.2, 0) is 16.6 Å². The summed E-state index contributed by atoms with van der Waals surface area (Å²) in [5.41, 5.74) is 2.43. The Bertz CT molecular complexity index is 907. The van der Waals surface area contributed by atoms with Crippen LogP contribution in [0.15, 0.2) is 36.7 Å². The summed E-state index contributed by atoms with van der Waals surface area (Å²) in [4.78, 5) is 17.0. The van der Waals surface area contributed by atoms with Crippen molar-refractivity contribution in [3.63, 3.8) is 0 Å². The highest BCUT2D eigenvalue weighted by atomic mass is 35.5. The van der Waals surface area contributed by atoms with Crippen molar-refractivity contribution < 1.29 is 9.53 Å². The molecule has 3 rings (SSSR count). The van der Waals surface area contributed by atoms with E-state index in [1.807, 2.05) is 25.1 Å². The molecular formula is C17H17ClN4O2. The van der Waals surface area contributed by atoms with Crippen LogP contribution in [0.3, 0.4) is 0 Å². The third kappa shape index (κ3) is 3.11. The minimum Gasteiger partial charge on any atom is -0.367 e. The van der Waals surface area contributed by atoms with Crippen molar-refractivity contribution in [3.05, 3.63) is 52.8 Å². The Morgan fingerprint density at radius 1 is 1.33 bits per heavy atom. The summed E-state index contributed by atoms with van der Waals surface area (Å²) in [6.45, 7) is 1.95. The highest BCUT2D eigenvalue weighted by Crippen LogP contribution is 2.26. The minimum absolute atomic E-state index is 0.308. The maximum absolute atomic E-state index is 12.5. The van der Waals surface area contributed by atoms with Gasteiger partial charge in [-0.3, -0.25) is 9.48 Å². The number of hydrogen-bond donors (Lipinski definition) is 1. The van der Waals surface area contributed by atoms with Gasteiger partial charge in [0.2, 0.25) is 0 Å². The number of pyridine rings is 1. The maximum Gasteiger partial charge on any atom is 0.259 e. The highest BCUT2D eigenvalue weighted by Gasteiger charge is 2.22. The van der Waals surface area contributed by atoms with Crippen molar-refractivity contribution in [2.75, 3.05) is 12.4 Å². The van der Waals surface area contributed by atoms with Gasteiger partial charge in [0.15, 0.2) is 6.10 Å². The van der Waals surface area contributed by atoms with E-state index in [1.54, 1.807) is 30.2 Å². The number of ether oxygens (including phenoxy) is 1. The number of benzene rings is 1. The molecule has 0 saturated carbocycles. The maximum atomic E-state index is 12.5. The fourth-order valence-corrected chi connectivity index (χ4v) is 2.77. The van der Waals surface area contributed by atoms with E-state index in [0.29, 0.717) is 16.4 Å². The lowest BCUT2D eigenvalue weighted by Crippen LogP contribution is -2.22. The van der Waals surface area contributed by atoms with Gasteiger partial charge in [0.1, 0.15) is 5.82 Å². The summed E-state index contributed by atoms with van der Waals surface area (Å²) in [7, 11) is 3.26. The molecule has 1 amide bonds. The molecule has 124 valence electrons. The van der Waals surface area contributed by atoms with Gasteiger partial charge < -0.3 is 10.1 Å². The number of rotatable bonds is 4. The second-order valence-corrected chi connectivity index (χ2v) is 5.92. The molecule has 0 aliphatic rings. The van der Waals surface area contributed by atoms with Crippen LogP contribution in [0.25, 0.3) is 10.9 Å². The summed E-state index contributed by atoms with van der Waals surface area (Å²) in [5, 5.41) is 8.33. The molecule has 2 aromatic heterocycles. The third-order valence-electron chi connectivity index (χ3n) is 3.76. The Labute approximate surface area is 144 Å². The summed E-state index contributed by atoms with van der Waals surface area (Å²) in [6, 6.07) is 7.31. The van der Waals surface area contributed by atoms with Crippen LogP contribution in [0.4, 0.5) is 5.82 Å². The van der Waals surface area contributed by atoms with E-state index < -0.39 is 6.10 Å². The van der Waals surface area contributed by atoms with Gasteiger partial charge in [-0.15, -0.1) is 0 Å². The largest absolute Gasteiger partial charge is 0.367 e. The number of amides is 1. The number of carbonyl (C=O) groups excluding carboxylic acids is 1. The number of carbonyl (C=O) groups is 1. The first-order valence-corrected chi connectivity index (χ1v) is 7.75. The number of fused-ring (bicyclic) bond motifs is 1. The standard InChI is InChI=1S/C17H17ClN4O2/c1-10-4-6-13(18)12-5-7-14(20-15(10)12)21-17(23)16(24-3)11-8-19-22(2)9-11/h4-9,16H,1-3H3,(H,20,21,23)/t16-/m0/s1.